The highest BCUT2D eigenvalue weighted by Crippen LogP contribution is 2.35. The summed E-state index contributed by atoms with van der Waals surface area (Å²) in [6, 6.07) is 7.68. The van der Waals surface area contributed by atoms with E-state index in [4.69, 9.17) is 39.5 Å². The van der Waals surface area contributed by atoms with Crippen molar-refractivity contribution in [2.45, 2.75) is 11.8 Å². The summed E-state index contributed by atoms with van der Waals surface area (Å²) in [5.74, 6) is 0.868. The lowest BCUT2D eigenvalue weighted by atomic mass is 9.81. The predicted molar refractivity (Wildman–Crippen MR) is 71.1 cm³/mol. The zero-order valence-electron chi connectivity index (χ0n) is 9.18. The van der Waals surface area contributed by atoms with Gasteiger partial charge < -0.3 is 4.74 Å². The van der Waals surface area contributed by atoms with Gasteiger partial charge in [0, 0.05) is 35.9 Å². The molecule has 0 bridgehead atoms. The third kappa shape index (κ3) is 3.04. The van der Waals surface area contributed by atoms with Gasteiger partial charge in [0.15, 0.2) is 0 Å². The van der Waals surface area contributed by atoms with Crippen LogP contribution in [0.15, 0.2) is 24.3 Å². The van der Waals surface area contributed by atoms with Crippen molar-refractivity contribution in [1.82, 2.24) is 0 Å². The molecule has 0 unspecified atom stereocenters. The van der Waals surface area contributed by atoms with Gasteiger partial charge in [-0.1, -0.05) is 29.8 Å². The van der Waals surface area contributed by atoms with Crippen molar-refractivity contribution in [3.05, 3.63) is 34.9 Å². The molecule has 0 aliphatic heterocycles. The van der Waals surface area contributed by atoms with Crippen LogP contribution in [0.5, 0.6) is 0 Å². The van der Waals surface area contributed by atoms with E-state index in [-0.39, 0.29) is 5.41 Å². The molecule has 1 aromatic carbocycles. The third-order valence-corrected chi connectivity index (χ3v) is 4.09. The van der Waals surface area contributed by atoms with Gasteiger partial charge in [-0.15, -0.1) is 23.2 Å². The van der Waals surface area contributed by atoms with Crippen LogP contribution in [0.3, 0.4) is 0 Å². The van der Waals surface area contributed by atoms with Crippen molar-refractivity contribution in [2.75, 3.05) is 25.5 Å². The van der Waals surface area contributed by atoms with Crippen LogP contribution >= 0.6 is 34.8 Å². The number of ether oxygens (including phenoxy) is 1. The number of hydrogen-bond acceptors (Lipinski definition) is 1. The van der Waals surface area contributed by atoms with Crippen molar-refractivity contribution in [3.63, 3.8) is 0 Å². The number of hydrogen-bond donors (Lipinski definition) is 0. The van der Waals surface area contributed by atoms with Crippen molar-refractivity contribution >= 4 is 34.8 Å². The molecule has 0 aromatic heterocycles. The van der Waals surface area contributed by atoms with Gasteiger partial charge in [0.25, 0.3) is 0 Å². The Hall–Kier alpha value is 0.0500. The Morgan fingerprint density at radius 1 is 1.19 bits per heavy atom. The first-order valence-corrected chi connectivity index (χ1v) is 6.51. The third-order valence-electron chi connectivity index (χ3n) is 2.74. The molecule has 1 nitrogen and oxygen atoms in total. The summed E-state index contributed by atoms with van der Waals surface area (Å²) in [6.45, 7) is 0.616. The van der Waals surface area contributed by atoms with Crippen molar-refractivity contribution in [3.8, 4) is 0 Å². The molecule has 0 saturated heterocycles. The summed E-state index contributed by atoms with van der Waals surface area (Å²) < 4.78 is 5.10. The number of halogens is 3. The summed E-state index contributed by atoms with van der Waals surface area (Å²) in [7, 11) is 1.67. The van der Waals surface area contributed by atoms with Crippen LogP contribution in [0.4, 0.5) is 0 Å². The SMILES string of the molecule is COCCC(CCl)(CCl)c1ccccc1Cl. The molecule has 4 heteroatoms. The quantitative estimate of drug-likeness (QED) is 0.714. The first kappa shape index (κ1) is 14.1. The van der Waals surface area contributed by atoms with Gasteiger partial charge in [-0.05, 0) is 18.1 Å². The standard InChI is InChI=1S/C12H15Cl3O/c1-16-7-6-12(8-13,9-14)10-4-2-3-5-11(10)15/h2-5H,6-9H2,1H3. The lowest BCUT2D eigenvalue weighted by Crippen LogP contribution is -2.32. The van der Waals surface area contributed by atoms with Crippen LogP contribution in [0, 0.1) is 0 Å². The summed E-state index contributed by atoms with van der Waals surface area (Å²) in [4.78, 5) is 0. The second kappa shape index (κ2) is 6.70. The fourth-order valence-corrected chi connectivity index (χ4v) is 2.81. The summed E-state index contributed by atoms with van der Waals surface area (Å²) in [6.07, 6.45) is 0.764. The van der Waals surface area contributed by atoms with Crippen LogP contribution in [-0.4, -0.2) is 25.5 Å². The molecule has 0 aliphatic rings. The first-order chi connectivity index (χ1) is 7.70. The lowest BCUT2D eigenvalue weighted by Gasteiger charge is -2.30. The van der Waals surface area contributed by atoms with Crippen LogP contribution in [-0.2, 0) is 10.2 Å². The summed E-state index contributed by atoms with van der Waals surface area (Å²) in [5.41, 5.74) is 0.691. The molecule has 0 amide bonds. The van der Waals surface area contributed by atoms with Crippen LogP contribution < -0.4 is 0 Å². The largest absolute Gasteiger partial charge is 0.385 e. The zero-order valence-corrected chi connectivity index (χ0v) is 11.4. The van der Waals surface area contributed by atoms with E-state index < -0.39 is 0 Å². The highest BCUT2D eigenvalue weighted by molar-refractivity contribution is 6.32. The number of methoxy groups -OCH3 is 1. The minimum absolute atomic E-state index is 0.308. The second-order valence-electron chi connectivity index (χ2n) is 3.77. The van der Waals surface area contributed by atoms with Crippen LogP contribution in [0.25, 0.3) is 0 Å². The molecular weight excluding hydrogens is 266 g/mol. The van der Waals surface area contributed by atoms with Crippen molar-refractivity contribution in [2.24, 2.45) is 0 Å². The molecule has 0 atom stereocenters. The van der Waals surface area contributed by atoms with E-state index in [0.29, 0.717) is 23.4 Å². The number of alkyl halides is 2. The van der Waals surface area contributed by atoms with Gasteiger partial charge in [-0.2, -0.15) is 0 Å². The fourth-order valence-electron chi connectivity index (χ4n) is 1.64. The van der Waals surface area contributed by atoms with Gasteiger partial charge >= 0.3 is 0 Å². The molecular formula is C12H15Cl3O. The lowest BCUT2D eigenvalue weighted by molar-refractivity contribution is 0.176. The molecule has 0 heterocycles. The highest BCUT2D eigenvalue weighted by Gasteiger charge is 2.32. The predicted octanol–water partition coefficient (Wildman–Crippen LogP) is 4.09. The van der Waals surface area contributed by atoms with Crippen molar-refractivity contribution in [1.29, 1.82) is 0 Å². The fraction of sp³-hybridized carbons (Fsp3) is 0.500. The topological polar surface area (TPSA) is 9.23 Å². The Morgan fingerprint density at radius 3 is 2.31 bits per heavy atom. The number of benzene rings is 1. The molecule has 0 fully saturated rings. The molecule has 1 aromatic rings. The van der Waals surface area contributed by atoms with E-state index >= 15 is 0 Å². The zero-order chi connectivity index (χ0) is 12.0. The molecule has 16 heavy (non-hydrogen) atoms. The van der Waals surface area contributed by atoms with Gasteiger partial charge in [-0.25, -0.2) is 0 Å². The maximum atomic E-state index is 6.19. The van der Waals surface area contributed by atoms with E-state index in [1.807, 2.05) is 24.3 Å². The van der Waals surface area contributed by atoms with E-state index in [2.05, 4.69) is 0 Å². The average molecular weight is 282 g/mol. The summed E-state index contributed by atoms with van der Waals surface area (Å²) in [5, 5.41) is 0.708. The Kier molecular flexibility index (Phi) is 5.91. The van der Waals surface area contributed by atoms with E-state index in [1.165, 1.54) is 0 Å². The second-order valence-corrected chi connectivity index (χ2v) is 4.71. The molecule has 0 N–H and O–H groups in total. The monoisotopic (exact) mass is 280 g/mol. The van der Waals surface area contributed by atoms with Crippen molar-refractivity contribution < 1.29 is 4.74 Å². The van der Waals surface area contributed by atoms with Crippen LogP contribution in [0.1, 0.15) is 12.0 Å². The Balaban J connectivity index is 3.05. The molecule has 90 valence electrons. The average Bonchev–Trinajstić information content (AvgIpc) is 2.33. The maximum Gasteiger partial charge on any atom is 0.0471 e. The normalized spacial score (nSPS) is 11.8. The minimum Gasteiger partial charge on any atom is -0.385 e. The molecule has 0 spiro atoms. The van der Waals surface area contributed by atoms with Gasteiger partial charge in [0.1, 0.15) is 0 Å². The molecule has 1 rings (SSSR count). The molecule has 0 saturated carbocycles. The molecule has 0 radical (unpaired) electrons. The highest BCUT2D eigenvalue weighted by atomic mass is 35.5. The van der Waals surface area contributed by atoms with E-state index in [1.54, 1.807) is 7.11 Å². The first-order valence-electron chi connectivity index (χ1n) is 5.06. The molecule has 0 aliphatic carbocycles. The van der Waals surface area contributed by atoms with Gasteiger partial charge in [0.05, 0.1) is 0 Å². The van der Waals surface area contributed by atoms with Crippen LogP contribution in [0.2, 0.25) is 5.02 Å². The van der Waals surface area contributed by atoms with E-state index in [9.17, 15) is 0 Å². The van der Waals surface area contributed by atoms with Gasteiger partial charge in [-0.3, -0.25) is 0 Å². The smallest absolute Gasteiger partial charge is 0.0471 e. The summed E-state index contributed by atoms with van der Waals surface area (Å²) >= 11 is 18.3. The Morgan fingerprint density at radius 2 is 1.81 bits per heavy atom. The Bertz CT molecular complexity index is 324. The number of rotatable bonds is 6. The Labute approximate surface area is 112 Å². The maximum absolute atomic E-state index is 6.19. The van der Waals surface area contributed by atoms with E-state index in [0.717, 1.165) is 12.0 Å². The minimum atomic E-state index is -0.308. The van der Waals surface area contributed by atoms with Gasteiger partial charge in [0.2, 0.25) is 0 Å².